The molecule has 19 heavy (non-hydrogen) atoms. The molecule has 1 unspecified atom stereocenters. The maximum Gasteiger partial charge on any atom is 0.129 e. The fraction of sp³-hybridized carbons (Fsp3) is 0.333. The number of nitrogens with one attached hydrogen (secondary N) is 1. The predicted octanol–water partition coefficient (Wildman–Crippen LogP) is 2.29. The van der Waals surface area contributed by atoms with Crippen molar-refractivity contribution in [1.29, 1.82) is 0 Å². The quantitative estimate of drug-likeness (QED) is 0.507. The highest BCUT2D eigenvalue weighted by atomic mass is 79.9. The summed E-state index contributed by atoms with van der Waals surface area (Å²) in [7, 11) is 1.92. The van der Waals surface area contributed by atoms with Gasteiger partial charge in [-0.3, -0.25) is 16.0 Å². The molecule has 2 rings (SSSR count). The molecule has 0 aromatic carbocycles. The number of hydrogen-bond acceptors (Lipinski definition) is 4. The minimum absolute atomic E-state index is 0.0494. The second kappa shape index (κ2) is 6.00. The lowest BCUT2D eigenvalue weighted by Gasteiger charge is -2.16. The Morgan fingerprint density at radius 2 is 2.32 bits per heavy atom. The van der Waals surface area contributed by atoms with Crippen LogP contribution < -0.4 is 11.3 Å². The molecule has 0 aliphatic heterocycles. The van der Waals surface area contributed by atoms with Gasteiger partial charge in [-0.25, -0.2) is 4.98 Å². The van der Waals surface area contributed by atoms with Crippen LogP contribution in [0.2, 0.25) is 5.15 Å². The number of aryl methyl sites for hydroxylation is 2. The zero-order chi connectivity index (χ0) is 14.0. The van der Waals surface area contributed by atoms with Crippen molar-refractivity contribution in [3.05, 3.63) is 44.9 Å². The summed E-state index contributed by atoms with van der Waals surface area (Å²) in [5.74, 6) is 5.65. The molecule has 0 saturated carbocycles. The van der Waals surface area contributed by atoms with Gasteiger partial charge in [-0.05, 0) is 40.5 Å². The lowest BCUT2D eigenvalue weighted by atomic mass is 10.0. The predicted molar refractivity (Wildman–Crippen MR) is 78.7 cm³/mol. The van der Waals surface area contributed by atoms with E-state index in [0.717, 1.165) is 21.4 Å². The molecule has 0 aliphatic rings. The summed E-state index contributed by atoms with van der Waals surface area (Å²) in [5, 5.41) is 4.83. The Hall–Kier alpha value is -0.950. The van der Waals surface area contributed by atoms with E-state index in [-0.39, 0.29) is 6.04 Å². The second-order valence-electron chi connectivity index (χ2n) is 4.30. The smallest absolute Gasteiger partial charge is 0.129 e. The average molecular weight is 345 g/mol. The van der Waals surface area contributed by atoms with Crippen LogP contribution in [0.15, 0.2) is 22.8 Å². The second-order valence-corrected chi connectivity index (χ2v) is 5.49. The zero-order valence-electron chi connectivity index (χ0n) is 10.7. The van der Waals surface area contributed by atoms with Crippen LogP contribution in [0.3, 0.4) is 0 Å². The minimum Gasteiger partial charge on any atom is -0.271 e. The summed E-state index contributed by atoms with van der Waals surface area (Å²) in [5.41, 5.74) is 5.84. The summed E-state index contributed by atoms with van der Waals surface area (Å²) < 4.78 is 2.86. The van der Waals surface area contributed by atoms with E-state index in [9.17, 15) is 0 Å². The maximum absolute atomic E-state index is 5.91. The van der Waals surface area contributed by atoms with E-state index in [2.05, 4.69) is 31.4 Å². The van der Waals surface area contributed by atoms with Gasteiger partial charge in [0.25, 0.3) is 0 Å². The van der Waals surface area contributed by atoms with Crippen LogP contribution in [-0.2, 0) is 13.5 Å². The number of nitrogens with zero attached hydrogens (tertiary/aromatic N) is 3. The van der Waals surface area contributed by atoms with Crippen molar-refractivity contribution in [2.24, 2.45) is 12.9 Å². The van der Waals surface area contributed by atoms with Gasteiger partial charge in [-0.1, -0.05) is 11.6 Å². The average Bonchev–Trinajstić information content (AvgIpc) is 2.61. The number of halogens is 2. The molecule has 3 N–H and O–H groups in total. The van der Waals surface area contributed by atoms with Gasteiger partial charge >= 0.3 is 0 Å². The topological polar surface area (TPSA) is 68.8 Å². The van der Waals surface area contributed by atoms with Crippen LogP contribution in [0.1, 0.15) is 23.0 Å². The van der Waals surface area contributed by atoms with E-state index in [1.54, 1.807) is 6.20 Å². The highest BCUT2D eigenvalue weighted by Gasteiger charge is 2.17. The Balaban J connectivity index is 2.29. The molecule has 0 saturated heterocycles. The van der Waals surface area contributed by atoms with Gasteiger partial charge in [0.15, 0.2) is 0 Å². The highest BCUT2D eigenvalue weighted by molar-refractivity contribution is 9.10. The van der Waals surface area contributed by atoms with E-state index in [0.29, 0.717) is 11.6 Å². The van der Waals surface area contributed by atoms with Crippen molar-refractivity contribution in [3.63, 3.8) is 0 Å². The van der Waals surface area contributed by atoms with Crippen molar-refractivity contribution in [1.82, 2.24) is 20.2 Å². The van der Waals surface area contributed by atoms with Crippen LogP contribution in [0.25, 0.3) is 0 Å². The number of hydrazine groups is 1. The Morgan fingerprint density at radius 3 is 2.84 bits per heavy atom. The molecule has 102 valence electrons. The Morgan fingerprint density at radius 1 is 1.58 bits per heavy atom. The zero-order valence-corrected chi connectivity index (χ0v) is 13.0. The summed E-state index contributed by atoms with van der Waals surface area (Å²) in [6, 6.07) is 3.66. The number of rotatable bonds is 4. The van der Waals surface area contributed by atoms with E-state index >= 15 is 0 Å². The van der Waals surface area contributed by atoms with Crippen molar-refractivity contribution < 1.29 is 0 Å². The Labute approximate surface area is 125 Å². The lowest BCUT2D eigenvalue weighted by molar-refractivity contribution is 0.528. The van der Waals surface area contributed by atoms with Crippen LogP contribution in [0.4, 0.5) is 0 Å². The first-order chi connectivity index (χ1) is 9.02. The van der Waals surface area contributed by atoms with Gasteiger partial charge in [-0.15, -0.1) is 0 Å². The van der Waals surface area contributed by atoms with Crippen molar-refractivity contribution in [2.75, 3.05) is 0 Å². The van der Waals surface area contributed by atoms with Crippen LogP contribution >= 0.6 is 27.5 Å². The van der Waals surface area contributed by atoms with Gasteiger partial charge in [-0.2, -0.15) is 5.10 Å². The van der Waals surface area contributed by atoms with Crippen LogP contribution in [0.5, 0.6) is 0 Å². The monoisotopic (exact) mass is 343 g/mol. The van der Waals surface area contributed by atoms with Gasteiger partial charge in [0.1, 0.15) is 5.15 Å². The van der Waals surface area contributed by atoms with Gasteiger partial charge < -0.3 is 0 Å². The van der Waals surface area contributed by atoms with E-state index < -0.39 is 0 Å². The Kier molecular flexibility index (Phi) is 4.57. The molecule has 2 aromatic rings. The highest BCUT2D eigenvalue weighted by Crippen LogP contribution is 2.26. The van der Waals surface area contributed by atoms with Crippen LogP contribution in [0, 0.1) is 6.92 Å². The molecular formula is C12H15BrClN5. The molecule has 0 spiro atoms. The van der Waals surface area contributed by atoms with Crippen LogP contribution in [-0.4, -0.2) is 14.8 Å². The Bertz CT molecular complexity index is 583. The number of nitrogens with two attached hydrogens (primary N) is 1. The standard InChI is InChI=1S/C12H15BrClN5/c1-7-12(13)10(19(2)18-7)6-9(17-15)8-3-4-16-11(14)5-8/h3-5,9,17H,6,15H2,1-2H3. The summed E-state index contributed by atoms with van der Waals surface area (Å²) >= 11 is 9.46. The van der Waals surface area contributed by atoms with Crippen molar-refractivity contribution in [2.45, 2.75) is 19.4 Å². The molecule has 1 atom stereocenters. The molecular weight excluding hydrogens is 330 g/mol. The number of hydrogen-bond donors (Lipinski definition) is 2. The SMILES string of the molecule is Cc1nn(C)c(CC(NN)c2ccnc(Cl)c2)c1Br. The summed E-state index contributed by atoms with van der Waals surface area (Å²) in [6.07, 6.45) is 2.38. The molecule has 0 bridgehead atoms. The first-order valence-electron chi connectivity index (χ1n) is 5.78. The van der Waals surface area contributed by atoms with E-state index in [4.69, 9.17) is 17.4 Å². The van der Waals surface area contributed by atoms with Gasteiger partial charge in [0.05, 0.1) is 21.9 Å². The number of aromatic nitrogens is 3. The number of pyridine rings is 1. The fourth-order valence-electron chi connectivity index (χ4n) is 2.00. The molecule has 2 heterocycles. The third kappa shape index (κ3) is 3.14. The van der Waals surface area contributed by atoms with Gasteiger partial charge in [0, 0.05) is 19.7 Å². The molecule has 0 aliphatic carbocycles. The van der Waals surface area contributed by atoms with Crippen molar-refractivity contribution in [3.8, 4) is 0 Å². The molecule has 5 nitrogen and oxygen atoms in total. The van der Waals surface area contributed by atoms with Crippen molar-refractivity contribution >= 4 is 27.5 Å². The third-order valence-corrected chi connectivity index (χ3v) is 4.25. The molecule has 0 amide bonds. The fourth-order valence-corrected chi connectivity index (χ4v) is 2.68. The lowest BCUT2D eigenvalue weighted by Crippen LogP contribution is -2.30. The molecule has 0 fully saturated rings. The third-order valence-electron chi connectivity index (χ3n) is 3.01. The minimum atomic E-state index is -0.0494. The summed E-state index contributed by atoms with van der Waals surface area (Å²) in [6.45, 7) is 1.96. The first kappa shape index (κ1) is 14.5. The van der Waals surface area contributed by atoms with E-state index in [1.165, 1.54) is 0 Å². The molecule has 7 heteroatoms. The first-order valence-corrected chi connectivity index (χ1v) is 6.95. The molecule has 0 radical (unpaired) electrons. The summed E-state index contributed by atoms with van der Waals surface area (Å²) in [4.78, 5) is 3.97. The van der Waals surface area contributed by atoms with Gasteiger partial charge in [0.2, 0.25) is 0 Å². The maximum atomic E-state index is 5.91. The van der Waals surface area contributed by atoms with E-state index in [1.807, 2.05) is 30.8 Å². The normalized spacial score (nSPS) is 12.7. The largest absolute Gasteiger partial charge is 0.271 e. The molecule has 2 aromatic heterocycles.